The van der Waals surface area contributed by atoms with Crippen LogP contribution in [0, 0.1) is 0 Å². The van der Waals surface area contributed by atoms with Gasteiger partial charge in [0, 0.05) is 18.3 Å². The number of ketones is 1. The number of amides is 2. The van der Waals surface area contributed by atoms with E-state index in [1.165, 1.54) is 18.9 Å². The minimum atomic E-state index is -0.897. The van der Waals surface area contributed by atoms with E-state index in [1.807, 2.05) is 24.3 Å². The maximum atomic E-state index is 13.5. The van der Waals surface area contributed by atoms with Crippen LogP contribution in [0.2, 0.25) is 0 Å². The van der Waals surface area contributed by atoms with Gasteiger partial charge in [-0.3, -0.25) is 19.3 Å². The molecule has 7 heteroatoms. The summed E-state index contributed by atoms with van der Waals surface area (Å²) in [6.45, 7) is 7.69. The van der Waals surface area contributed by atoms with Gasteiger partial charge < -0.3 is 15.2 Å². The molecule has 37 heavy (non-hydrogen) atoms. The average molecular weight is 499 g/mol. The number of Topliss-reactive ketones (excluding diaryl/α,β-unsaturated/α-hetero) is 1. The Hall–Kier alpha value is -4.39. The SMILES string of the molecule is COc1ccccc1/C(O)=C1\C(=O)C(=O)N(c2cccc(NC(C)=O)c2)C1c1ccc(C(C)(C)C)cc1. The summed E-state index contributed by atoms with van der Waals surface area (Å²) in [5, 5.41) is 14.1. The highest BCUT2D eigenvalue weighted by Gasteiger charge is 2.47. The van der Waals surface area contributed by atoms with Gasteiger partial charge in [-0.05, 0) is 46.9 Å². The third kappa shape index (κ3) is 4.98. The van der Waals surface area contributed by atoms with Gasteiger partial charge in [-0.1, -0.05) is 63.2 Å². The van der Waals surface area contributed by atoms with E-state index in [0.29, 0.717) is 28.3 Å². The van der Waals surface area contributed by atoms with E-state index in [2.05, 4.69) is 26.1 Å². The van der Waals surface area contributed by atoms with Crippen molar-refractivity contribution in [2.45, 2.75) is 39.2 Å². The average Bonchev–Trinajstić information content (AvgIpc) is 3.13. The van der Waals surface area contributed by atoms with Crippen molar-refractivity contribution in [2.24, 2.45) is 0 Å². The van der Waals surface area contributed by atoms with E-state index in [-0.39, 0.29) is 22.7 Å². The standard InChI is InChI=1S/C30H30N2O5/c1-18(33)31-21-9-8-10-22(17-21)32-26(19-13-15-20(16-14-19)30(2,3)4)25(28(35)29(32)36)27(34)23-11-6-7-12-24(23)37-5/h6-17,26,34H,1-5H3,(H,31,33)/b27-25+. The highest BCUT2D eigenvalue weighted by molar-refractivity contribution is 6.51. The van der Waals surface area contributed by atoms with Crippen LogP contribution in [0.1, 0.15) is 50.4 Å². The number of nitrogens with zero attached hydrogens (tertiary/aromatic N) is 1. The Kier molecular flexibility index (Phi) is 6.90. The number of anilines is 2. The molecule has 3 aromatic carbocycles. The molecule has 1 fully saturated rings. The molecule has 1 atom stereocenters. The number of hydrogen-bond acceptors (Lipinski definition) is 5. The minimum absolute atomic E-state index is 0.0389. The molecule has 1 unspecified atom stereocenters. The maximum Gasteiger partial charge on any atom is 0.300 e. The first-order valence-corrected chi connectivity index (χ1v) is 12.0. The van der Waals surface area contributed by atoms with E-state index < -0.39 is 17.7 Å². The van der Waals surface area contributed by atoms with Gasteiger partial charge in [0.05, 0.1) is 24.3 Å². The largest absolute Gasteiger partial charge is 0.507 e. The molecule has 0 spiro atoms. The summed E-state index contributed by atoms with van der Waals surface area (Å²) in [5.74, 6) is -1.79. The number of para-hydroxylation sites is 1. The quantitative estimate of drug-likeness (QED) is 0.272. The molecule has 0 bridgehead atoms. The second-order valence-electron chi connectivity index (χ2n) is 9.97. The molecule has 190 valence electrons. The number of hydrogen-bond donors (Lipinski definition) is 2. The van der Waals surface area contributed by atoms with Crippen LogP contribution in [0.5, 0.6) is 5.75 Å². The first-order valence-electron chi connectivity index (χ1n) is 12.0. The molecule has 1 aliphatic heterocycles. The number of aliphatic hydroxyl groups is 1. The van der Waals surface area contributed by atoms with Gasteiger partial charge in [0.15, 0.2) is 0 Å². The number of carbonyl (C=O) groups excluding carboxylic acids is 3. The Morgan fingerprint density at radius 3 is 2.27 bits per heavy atom. The molecule has 0 aliphatic carbocycles. The van der Waals surface area contributed by atoms with Crippen molar-refractivity contribution in [1.29, 1.82) is 0 Å². The Balaban J connectivity index is 1.94. The second-order valence-corrected chi connectivity index (χ2v) is 9.97. The van der Waals surface area contributed by atoms with Gasteiger partial charge >= 0.3 is 0 Å². The van der Waals surface area contributed by atoms with Crippen LogP contribution in [-0.2, 0) is 19.8 Å². The number of nitrogens with one attached hydrogen (secondary N) is 1. The Morgan fingerprint density at radius 1 is 0.973 bits per heavy atom. The van der Waals surface area contributed by atoms with Crippen LogP contribution in [0.25, 0.3) is 5.76 Å². The first-order chi connectivity index (χ1) is 17.5. The number of methoxy groups -OCH3 is 1. The predicted molar refractivity (Wildman–Crippen MR) is 144 cm³/mol. The Bertz CT molecular complexity index is 1400. The summed E-state index contributed by atoms with van der Waals surface area (Å²) >= 11 is 0. The molecule has 0 aromatic heterocycles. The van der Waals surface area contributed by atoms with Crippen molar-refractivity contribution in [3.8, 4) is 5.75 Å². The Labute approximate surface area is 216 Å². The zero-order valence-electron chi connectivity index (χ0n) is 21.5. The molecular formula is C30H30N2O5. The van der Waals surface area contributed by atoms with Gasteiger partial charge in [0.2, 0.25) is 5.91 Å². The summed E-state index contributed by atoms with van der Waals surface area (Å²) in [4.78, 5) is 39.9. The molecule has 3 aromatic rings. The van der Waals surface area contributed by atoms with Crippen LogP contribution in [0.3, 0.4) is 0 Å². The lowest BCUT2D eigenvalue weighted by molar-refractivity contribution is -0.132. The second kappa shape index (κ2) is 9.93. The molecule has 0 saturated carbocycles. The summed E-state index contributed by atoms with van der Waals surface area (Å²) in [6.07, 6.45) is 0. The lowest BCUT2D eigenvalue weighted by Gasteiger charge is -2.27. The lowest BCUT2D eigenvalue weighted by Crippen LogP contribution is -2.29. The summed E-state index contributed by atoms with van der Waals surface area (Å²) in [7, 11) is 1.47. The van der Waals surface area contributed by atoms with Crippen molar-refractivity contribution in [3.63, 3.8) is 0 Å². The molecule has 7 nitrogen and oxygen atoms in total. The van der Waals surface area contributed by atoms with Crippen LogP contribution in [-0.4, -0.2) is 29.8 Å². The number of rotatable bonds is 5. The molecule has 1 heterocycles. The molecule has 1 saturated heterocycles. The van der Waals surface area contributed by atoms with E-state index in [1.54, 1.807) is 48.5 Å². The van der Waals surface area contributed by atoms with Gasteiger partial charge in [0.1, 0.15) is 11.5 Å². The van der Waals surface area contributed by atoms with E-state index >= 15 is 0 Å². The van der Waals surface area contributed by atoms with E-state index in [4.69, 9.17) is 4.74 Å². The fourth-order valence-corrected chi connectivity index (χ4v) is 4.50. The normalized spacial score (nSPS) is 17.1. The highest BCUT2D eigenvalue weighted by Crippen LogP contribution is 2.44. The lowest BCUT2D eigenvalue weighted by atomic mass is 9.85. The third-order valence-electron chi connectivity index (χ3n) is 6.34. The molecule has 2 N–H and O–H groups in total. The van der Waals surface area contributed by atoms with Crippen molar-refractivity contribution >= 4 is 34.7 Å². The topological polar surface area (TPSA) is 95.9 Å². The van der Waals surface area contributed by atoms with Crippen LogP contribution in [0.4, 0.5) is 11.4 Å². The van der Waals surface area contributed by atoms with E-state index in [9.17, 15) is 19.5 Å². The van der Waals surface area contributed by atoms with Crippen LogP contribution >= 0.6 is 0 Å². The summed E-state index contributed by atoms with van der Waals surface area (Å²) in [5.41, 5.74) is 2.83. The van der Waals surface area contributed by atoms with Gasteiger partial charge in [0.25, 0.3) is 11.7 Å². The van der Waals surface area contributed by atoms with Crippen LogP contribution < -0.4 is 15.0 Å². The van der Waals surface area contributed by atoms with Crippen molar-refractivity contribution in [3.05, 3.63) is 95.1 Å². The summed E-state index contributed by atoms with van der Waals surface area (Å²) in [6, 6.07) is 20.3. The zero-order chi connectivity index (χ0) is 26.9. The molecule has 1 aliphatic rings. The molecule has 0 radical (unpaired) electrons. The first kappa shape index (κ1) is 25.7. The monoisotopic (exact) mass is 498 g/mol. The van der Waals surface area contributed by atoms with Crippen LogP contribution in [0.15, 0.2) is 78.4 Å². The number of carbonyl (C=O) groups is 3. The van der Waals surface area contributed by atoms with Crippen molar-refractivity contribution in [2.75, 3.05) is 17.3 Å². The molecule has 4 rings (SSSR count). The zero-order valence-corrected chi connectivity index (χ0v) is 21.5. The number of ether oxygens (including phenoxy) is 1. The van der Waals surface area contributed by atoms with Crippen molar-refractivity contribution in [1.82, 2.24) is 0 Å². The fraction of sp³-hybridized carbons (Fsp3) is 0.233. The molecular weight excluding hydrogens is 468 g/mol. The highest BCUT2D eigenvalue weighted by atomic mass is 16.5. The minimum Gasteiger partial charge on any atom is -0.507 e. The third-order valence-corrected chi connectivity index (χ3v) is 6.34. The van der Waals surface area contributed by atoms with E-state index in [0.717, 1.165) is 5.56 Å². The number of aliphatic hydroxyl groups excluding tert-OH is 1. The van der Waals surface area contributed by atoms with Crippen molar-refractivity contribution < 1.29 is 24.2 Å². The van der Waals surface area contributed by atoms with Gasteiger partial charge in [-0.25, -0.2) is 0 Å². The summed E-state index contributed by atoms with van der Waals surface area (Å²) < 4.78 is 5.40. The fourth-order valence-electron chi connectivity index (χ4n) is 4.50. The number of benzene rings is 3. The Morgan fingerprint density at radius 2 is 1.65 bits per heavy atom. The predicted octanol–water partition coefficient (Wildman–Crippen LogP) is 5.58. The molecule has 2 amide bonds. The van der Waals surface area contributed by atoms with Gasteiger partial charge in [-0.15, -0.1) is 0 Å². The van der Waals surface area contributed by atoms with Gasteiger partial charge in [-0.2, -0.15) is 0 Å². The maximum absolute atomic E-state index is 13.5. The smallest absolute Gasteiger partial charge is 0.300 e.